The molecule has 0 aromatic heterocycles. The topological polar surface area (TPSA) is 102 Å². The van der Waals surface area contributed by atoms with E-state index in [9.17, 15) is 18.0 Å². The first kappa shape index (κ1) is 32.0. The number of amides is 1. The summed E-state index contributed by atoms with van der Waals surface area (Å²) in [5.74, 6) is -1.10. The quantitative estimate of drug-likeness (QED) is 0.219. The molecule has 1 amide bonds. The molecule has 1 aliphatic carbocycles. The maximum absolute atomic E-state index is 14.1. The molecule has 2 aliphatic rings. The van der Waals surface area contributed by atoms with Crippen LogP contribution in [0.3, 0.4) is 0 Å². The molecule has 0 unspecified atom stereocenters. The molecule has 1 aliphatic heterocycles. The Hall–Kier alpha value is -1.55. The summed E-state index contributed by atoms with van der Waals surface area (Å²) < 4.78 is 35.6. The molecule has 219 valence electrons. The number of sulfonamides is 1. The Labute approximate surface area is 238 Å². The molecule has 1 saturated carbocycles. The number of hydrogen-bond donors (Lipinski definition) is 2. The largest absolute Gasteiger partial charge is 0.417 e. The molecule has 2 fully saturated rings. The molecule has 1 radical (unpaired) electrons. The van der Waals surface area contributed by atoms with Crippen LogP contribution in [-0.2, 0) is 24.7 Å². The molecule has 9 heteroatoms. The van der Waals surface area contributed by atoms with Crippen molar-refractivity contribution in [1.29, 1.82) is 0 Å². The van der Waals surface area contributed by atoms with Crippen molar-refractivity contribution in [1.82, 2.24) is 10.0 Å². The highest BCUT2D eigenvalue weighted by Gasteiger charge is 2.52. The number of rotatable bonds is 10. The van der Waals surface area contributed by atoms with Crippen LogP contribution in [0.1, 0.15) is 96.5 Å². The van der Waals surface area contributed by atoms with Gasteiger partial charge in [-0.15, -0.1) is 0 Å². The number of Topliss-reactive ketones (excluding diaryl/α,β-unsaturated/α-hetero) is 1. The van der Waals surface area contributed by atoms with Gasteiger partial charge in [-0.2, -0.15) is 0 Å². The number of β-lactam (4-membered cyclic amide) rings is 1. The van der Waals surface area contributed by atoms with Crippen molar-refractivity contribution in [3.63, 3.8) is 0 Å². The number of benzene rings is 1. The summed E-state index contributed by atoms with van der Waals surface area (Å²) in [6, 6.07) is 4.54. The Bertz CT molecular complexity index is 1150. The minimum atomic E-state index is -3.77. The second kappa shape index (κ2) is 12.1. The van der Waals surface area contributed by atoms with E-state index >= 15 is 0 Å². The van der Waals surface area contributed by atoms with Gasteiger partial charge in [0.15, 0.2) is 5.78 Å². The van der Waals surface area contributed by atoms with Gasteiger partial charge in [-0.1, -0.05) is 73.8 Å². The van der Waals surface area contributed by atoms with Gasteiger partial charge in [0, 0.05) is 24.1 Å². The van der Waals surface area contributed by atoms with Gasteiger partial charge in [0.05, 0.1) is 16.9 Å². The average molecular weight is 578 g/mol. The number of carbonyl (C=O) groups excluding carboxylic acids is 2. The van der Waals surface area contributed by atoms with Crippen LogP contribution in [0.15, 0.2) is 23.1 Å². The average Bonchev–Trinajstić information content (AvgIpc) is 2.82. The predicted octanol–water partition coefficient (Wildman–Crippen LogP) is 5.46. The highest BCUT2D eigenvalue weighted by molar-refractivity contribution is 7.89. The van der Waals surface area contributed by atoms with Crippen LogP contribution >= 0.6 is 0 Å². The third-order valence-corrected chi connectivity index (χ3v) is 10.6. The van der Waals surface area contributed by atoms with Crippen molar-refractivity contribution in [3.05, 3.63) is 29.3 Å². The number of carbonyl (C=O) groups is 2. The van der Waals surface area contributed by atoms with E-state index in [0.29, 0.717) is 12.2 Å². The first-order valence-electron chi connectivity index (χ1n) is 14.4. The van der Waals surface area contributed by atoms with Gasteiger partial charge < -0.3 is 9.74 Å². The molecule has 3 rings (SSSR count). The maximum Gasteiger partial charge on any atom is 0.240 e. The second-order valence-corrected chi connectivity index (χ2v) is 17.6. The number of nitrogens with one attached hydrogen (secondary N) is 2. The SMILES string of the molecule is C[C@@H](C(=O)c1cc(S(=O)(=O)NC2CCCCC2)ccc1C(C)(C)C)[C@H]1NC(=O)[C@H]1[C@@H](CO[Si](C)C)C(C)(C)C. The molecule has 4 atom stereocenters. The van der Waals surface area contributed by atoms with Crippen LogP contribution in [0, 0.1) is 23.2 Å². The van der Waals surface area contributed by atoms with Crippen LogP contribution in [0.4, 0.5) is 0 Å². The van der Waals surface area contributed by atoms with E-state index in [1.54, 1.807) is 18.2 Å². The van der Waals surface area contributed by atoms with E-state index in [1.165, 1.54) is 0 Å². The zero-order chi connectivity index (χ0) is 29.3. The molecule has 2 N–H and O–H groups in total. The Kier molecular flexibility index (Phi) is 9.94. The zero-order valence-electron chi connectivity index (χ0n) is 25.3. The van der Waals surface area contributed by atoms with Crippen molar-refractivity contribution in [2.24, 2.45) is 23.2 Å². The standard InChI is InChI=1S/C30H49N2O5SSi/c1-19(26-25(28(34)31-26)24(30(5,6)7)18-37-39(8)9)27(33)22-17-21(15-16-23(22)29(2,3)4)38(35,36)32-20-13-11-10-12-14-20/h15-17,19-20,24-26,32H,10-14,18H2,1-9H3,(H,31,34)/t19-,24-,25+,26-/m1/s1. The van der Waals surface area contributed by atoms with Crippen LogP contribution in [-0.4, -0.2) is 47.8 Å². The first-order valence-corrected chi connectivity index (χ1v) is 18.3. The Balaban J connectivity index is 1.94. The monoisotopic (exact) mass is 577 g/mol. The Morgan fingerprint density at radius 2 is 1.72 bits per heavy atom. The molecule has 0 bridgehead atoms. The van der Waals surface area contributed by atoms with Crippen molar-refractivity contribution in [3.8, 4) is 0 Å². The summed E-state index contributed by atoms with van der Waals surface area (Å²) in [4.78, 5) is 27.1. The number of ketones is 1. The summed E-state index contributed by atoms with van der Waals surface area (Å²) in [5, 5.41) is 3.00. The fourth-order valence-corrected chi connectivity index (χ4v) is 7.74. The molecule has 1 aromatic carbocycles. The normalized spacial score (nSPS) is 22.8. The van der Waals surface area contributed by atoms with Gasteiger partial charge in [-0.3, -0.25) is 9.59 Å². The van der Waals surface area contributed by atoms with Gasteiger partial charge >= 0.3 is 0 Å². The van der Waals surface area contributed by atoms with E-state index in [1.807, 2.05) is 27.7 Å². The van der Waals surface area contributed by atoms with Gasteiger partial charge in [0.25, 0.3) is 0 Å². The molecular formula is C30H49N2O5SSi. The lowest BCUT2D eigenvalue weighted by Crippen LogP contribution is -2.66. The van der Waals surface area contributed by atoms with Gasteiger partial charge in [0.2, 0.25) is 25.0 Å². The third-order valence-electron chi connectivity index (χ3n) is 8.35. The van der Waals surface area contributed by atoms with Crippen molar-refractivity contribution < 1.29 is 22.4 Å². The Morgan fingerprint density at radius 3 is 2.23 bits per heavy atom. The molecular weight excluding hydrogens is 528 g/mol. The molecule has 7 nitrogen and oxygen atoms in total. The van der Waals surface area contributed by atoms with Gasteiger partial charge in [-0.05, 0) is 60.4 Å². The van der Waals surface area contributed by atoms with Crippen molar-refractivity contribution >= 4 is 30.8 Å². The van der Waals surface area contributed by atoms with E-state index in [4.69, 9.17) is 4.43 Å². The molecule has 39 heavy (non-hydrogen) atoms. The van der Waals surface area contributed by atoms with Crippen LogP contribution in [0.25, 0.3) is 0 Å². The second-order valence-electron chi connectivity index (χ2n) is 13.8. The predicted molar refractivity (Wildman–Crippen MR) is 158 cm³/mol. The molecule has 1 heterocycles. The fraction of sp³-hybridized carbons (Fsp3) is 0.733. The zero-order valence-corrected chi connectivity index (χ0v) is 27.1. The summed E-state index contributed by atoms with van der Waals surface area (Å²) in [5.41, 5.74) is 0.667. The summed E-state index contributed by atoms with van der Waals surface area (Å²) in [6.45, 7) is 18.9. The number of hydrogen-bond acceptors (Lipinski definition) is 5. The van der Waals surface area contributed by atoms with E-state index in [-0.39, 0.29) is 51.3 Å². The maximum atomic E-state index is 14.1. The lowest BCUT2D eigenvalue weighted by Gasteiger charge is -2.48. The first-order chi connectivity index (χ1) is 17.9. The molecule has 1 aromatic rings. The summed E-state index contributed by atoms with van der Waals surface area (Å²) in [7, 11) is -4.70. The third kappa shape index (κ3) is 7.60. The highest BCUT2D eigenvalue weighted by atomic mass is 32.2. The van der Waals surface area contributed by atoms with E-state index in [2.05, 4.69) is 43.9 Å². The minimum absolute atomic E-state index is 0.0418. The highest BCUT2D eigenvalue weighted by Crippen LogP contribution is 2.41. The van der Waals surface area contributed by atoms with Crippen molar-refractivity contribution in [2.45, 2.75) is 116 Å². The molecule has 1 saturated heterocycles. The van der Waals surface area contributed by atoms with Gasteiger partial charge in [0.1, 0.15) is 0 Å². The lowest BCUT2D eigenvalue weighted by molar-refractivity contribution is -0.143. The fourth-order valence-electron chi connectivity index (χ4n) is 5.90. The van der Waals surface area contributed by atoms with Gasteiger partial charge in [-0.25, -0.2) is 13.1 Å². The summed E-state index contributed by atoms with van der Waals surface area (Å²) in [6.07, 6.45) is 4.84. The smallest absolute Gasteiger partial charge is 0.240 e. The minimum Gasteiger partial charge on any atom is -0.417 e. The lowest BCUT2D eigenvalue weighted by atomic mass is 9.64. The Morgan fingerprint density at radius 1 is 1.10 bits per heavy atom. The van der Waals surface area contributed by atoms with E-state index < -0.39 is 25.0 Å². The van der Waals surface area contributed by atoms with Crippen LogP contribution < -0.4 is 10.0 Å². The van der Waals surface area contributed by atoms with Crippen molar-refractivity contribution in [2.75, 3.05) is 6.61 Å². The van der Waals surface area contributed by atoms with Crippen LogP contribution in [0.5, 0.6) is 0 Å². The molecule has 0 spiro atoms. The van der Waals surface area contributed by atoms with Crippen LogP contribution in [0.2, 0.25) is 13.1 Å². The van der Waals surface area contributed by atoms with E-state index in [0.717, 1.165) is 37.7 Å². The summed E-state index contributed by atoms with van der Waals surface area (Å²) >= 11 is 0.